The van der Waals surface area contributed by atoms with Crippen molar-refractivity contribution in [2.24, 2.45) is 0 Å². The Morgan fingerprint density at radius 1 is 1.11 bits per heavy atom. The number of rotatable bonds is 3. The molecule has 0 spiro atoms. The number of carbonyl (C=O) groups excluding carboxylic acids is 1. The van der Waals surface area contributed by atoms with Crippen molar-refractivity contribution in [3.63, 3.8) is 0 Å². The van der Waals surface area contributed by atoms with Crippen LogP contribution in [0.4, 0.5) is 19.0 Å². The van der Waals surface area contributed by atoms with Crippen LogP contribution in [0.1, 0.15) is 15.4 Å². The number of nitrogens with zero attached hydrogens (tertiary/aromatic N) is 4. The third kappa shape index (κ3) is 3.26. The Bertz CT molecular complexity index is 1120. The van der Waals surface area contributed by atoms with Gasteiger partial charge < -0.3 is 5.32 Å². The van der Waals surface area contributed by atoms with Gasteiger partial charge in [-0.3, -0.25) is 4.79 Å². The second-order valence-corrected chi connectivity index (χ2v) is 6.36. The molecule has 0 aliphatic carbocycles. The fourth-order valence-electron chi connectivity index (χ4n) is 2.58. The largest absolute Gasteiger partial charge is 0.417 e. The average molecular weight is 389 g/mol. The molecule has 3 aromatic heterocycles. The number of alkyl halides is 3. The molecule has 0 saturated carbocycles. The predicted octanol–water partition coefficient (Wildman–Crippen LogP) is 4.12. The lowest BCUT2D eigenvalue weighted by atomic mass is 10.0. The molecule has 1 amide bonds. The molecular weight excluding hydrogens is 379 g/mol. The zero-order valence-corrected chi connectivity index (χ0v) is 14.3. The van der Waals surface area contributed by atoms with Crippen LogP contribution in [-0.4, -0.2) is 25.5 Å². The highest BCUT2D eigenvalue weighted by Crippen LogP contribution is 2.36. The lowest BCUT2D eigenvalue weighted by molar-refractivity contribution is -0.137. The third-order valence-corrected chi connectivity index (χ3v) is 4.51. The minimum Gasteiger partial charge on any atom is -0.304 e. The maximum Gasteiger partial charge on any atom is 0.417 e. The summed E-state index contributed by atoms with van der Waals surface area (Å²) in [6, 6.07) is 8.11. The standard InChI is InChI=1S/C17H10F3N5OS/c18-17(19,20)11-4-2-1-3-10(11)12-9-14-21-6-5-13(25(14)24-12)23-15(26)16-22-7-8-27-16/h1-9H,(H,23,26). The van der Waals surface area contributed by atoms with Gasteiger partial charge in [0.25, 0.3) is 5.91 Å². The van der Waals surface area contributed by atoms with Crippen LogP contribution in [0, 0.1) is 0 Å². The van der Waals surface area contributed by atoms with Crippen molar-refractivity contribution in [2.75, 3.05) is 5.32 Å². The van der Waals surface area contributed by atoms with E-state index in [0.29, 0.717) is 5.65 Å². The highest BCUT2D eigenvalue weighted by Gasteiger charge is 2.34. The number of nitrogens with one attached hydrogen (secondary N) is 1. The van der Waals surface area contributed by atoms with Crippen LogP contribution in [0.15, 0.2) is 54.2 Å². The Morgan fingerprint density at radius 2 is 1.93 bits per heavy atom. The Labute approximate surface area is 154 Å². The monoisotopic (exact) mass is 389 g/mol. The van der Waals surface area contributed by atoms with Crippen LogP contribution in [0.5, 0.6) is 0 Å². The maximum absolute atomic E-state index is 13.3. The molecule has 0 fully saturated rings. The van der Waals surface area contributed by atoms with Gasteiger partial charge in [-0.25, -0.2) is 9.97 Å². The summed E-state index contributed by atoms with van der Waals surface area (Å²) >= 11 is 1.17. The van der Waals surface area contributed by atoms with E-state index in [4.69, 9.17) is 0 Å². The van der Waals surface area contributed by atoms with E-state index in [1.165, 1.54) is 58.6 Å². The smallest absolute Gasteiger partial charge is 0.304 e. The van der Waals surface area contributed by atoms with Gasteiger partial charge in [-0.1, -0.05) is 18.2 Å². The minimum atomic E-state index is -4.51. The summed E-state index contributed by atoms with van der Waals surface area (Å²) in [5, 5.41) is 8.78. The van der Waals surface area contributed by atoms with Crippen molar-refractivity contribution in [2.45, 2.75) is 6.18 Å². The second-order valence-electron chi connectivity index (χ2n) is 5.46. The number of hydrogen-bond acceptors (Lipinski definition) is 5. The van der Waals surface area contributed by atoms with E-state index in [9.17, 15) is 18.0 Å². The van der Waals surface area contributed by atoms with Gasteiger partial charge >= 0.3 is 6.18 Å². The number of fused-ring (bicyclic) bond motifs is 1. The third-order valence-electron chi connectivity index (χ3n) is 3.73. The van der Waals surface area contributed by atoms with Crippen molar-refractivity contribution >= 4 is 28.7 Å². The molecule has 1 aromatic carbocycles. The van der Waals surface area contributed by atoms with Gasteiger partial charge in [-0.2, -0.15) is 22.8 Å². The minimum absolute atomic E-state index is 0.0623. The molecule has 27 heavy (non-hydrogen) atoms. The van der Waals surface area contributed by atoms with E-state index in [2.05, 4.69) is 20.4 Å². The summed E-state index contributed by atoms with van der Waals surface area (Å²) in [4.78, 5) is 20.2. The number of thiazole rings is 1. The molecule has 0 saturated heterocycles. The van der Waals surface area contributed by atoms with Crippen LogP contribution in [0.2, 0.25) is 0 Å². The number of anilines is 1. The number of carbonyl (C=O) groups is 1. The van der Waals surface area contributed by atoms with E-state index in [0.717, 1.165) is 6.07 Å². The van der Waals surface area contributed by atoms with Gasteiger partial charge in [0.1, 0.15) is 5.82 Å². The van der Waals surface area contributed by atoms with Crippen molar-refractivity contribution in [3.05, 3.63) is 64.7 Å². The summed E-state index contributed by atoms with van der Waals surface area (Å²) in [7, 11) is 0. The molecule has 0 aliphatic rings. The topological polar surface area (TPSA) is 72.2 Å². The lowest BCUT2D eigenvalue weighted by Gasteiger charge is -2.10. The Hall–Kier alpha value is -3.27. The van der Waals surface area contributed by atoms with E-state index < -0.39 is 17.6 Å². The van der Waals surface area contributed by atoms with E-state index >= 15 is 0 Å². The number of aromatic nitrogens is 4. The normalized spacial score (nSPS) is 11.7. The SMILES string of the molecule is O=C(Nc1ccnc2cc(-c3ccccc3C(F)(F)F)nn12)c1nccs1. The van der Waals surface area contributed by atoms with Gasteiger partial charge in [-0.05, 0) is 12.1 Å². The molecule has 0 aliphatic heterocycles. The zero-order chi connectivity index (χ0) is 19.0. The Morgan fingerprint density at radius 3 is 2.67 bits per heavy atom. The number of hydrogen-bond donors (Lipinski definition) is 1. The Balaban J connectivity index is 1.77. The van der Waals surface area contributed by atoms with Gasteiger partial charge in [0.05, 0.1) is 11.3 Å². The molecule has 136 valence electrons. The number of amides is 1. The first kappa shape index (κ1) is 17.2. The van der Waals surface area contributed by atoms with Crippen molar-refractivity contribution in [3.8, 4) is 11.3 Å². The van der Waals surface area contributed by atoms with E-state index in [-0.39, 0.29) is 22.1 Å². The van der Waals surface area contributed by atoms with Crippen LogP contribution >= 0.6 is 11.3 Å². The second kappa shape index (κ2) is 6.47. The Kier molecular flexibility index (Phi) is 4.11. The molecule has 6 nitrogen and oxygen atoms in total. The molecule has 10 heteroatoms. The maximum atomic E-state index is 13.3. The van der Waals surface area contributed by atoms with Crippen molar-refractivity contribution in [1.29, 1.82) is 0 Å². The lowest BCUT2D eigenvalue weighted by Crippen LogP contribution is -2.14. The number of halogens is 3. The van der Waals surface area contributed by atoms with Gasteiger partial charge in [0.2, 0.25) is 0 Å². The predicted molar refractivity (Wildman–Crippen MR) is 93.5 cm³/mol. The van der Waals surface area contributed by atoms with Crippen molar-refractivity contribution in [1.82, 2.24) is 19.6 Å². The first-order valence-corrected chi connectivity index (χ1v) is 8.54. The van der Waals surface area contributed by atoms with Gasteiger partial charge in [-0.15, -0.1) is 11.3 Å². The first-order chi connectivity index (χ1) is 12.9. The van der Waals surface area contributed by atoms with E-state index in [1.807, 2.05) is 0 Å². The summed E-state index contributed by atoms with van der Waals surface area (Å²) < 4.78 is 41.1. The first-order valence-electron chi connectivity index (χ1n) is 7.66. The highest BCUT2D eigenvalue weighted by atomic mass is 32.1. The molecule has 0 atom stereocenters. The average Bonchev–Trinajstić information content (AvgIpc) is 3.31. The summed E-state index contributed by atoms with van der Waals surface area (Å²) in [5.41, 5.74) is -0.445. The quantitative estimate of drug-likeness (QED) is 0.572. The molecule has 1 N–H and O–H groups in total. The van der Waals surface area contributed by atoms with Gasteiger partial charge in [0.15, 0.2) is 10.7 Å². The highest BCUT2D eigenvalue weighted by molar-refractivity contribution is 7.11. The molecule has 0 radical (unpaired) electrons. The van der Waals surface area contributed by atoms with Crippen molar-refractivity contribution < 1.29 is 18.0 Å². The fraction of sp³-hybridized carbons (Fsp3) is 0.0588. The van der Waals surface area contributed by atoms with E-state index in [1.54, 1.807) is 5.38 Å². The zero-order valence-electron chi connectivity index (χ0n) is 13.4. The summed E-state index contributed by atoms with van der Waals surface area (Å²) in [5.74, 6) is -0.166. The molecule has 4 aromatic rings. The molecule has 0 unspecified atom stereocenters. The molecule has 4 rings (SSSR count). The summed E-state index contributed by atoms with van der Waals surface area (Å²) in [6.45, 7) is 0. The number of benzene rings is 1. The van der Waals surface area contributed by atoms with Crippen LogP contribution in [-0.2, 0) is 6.18 Å². The van der Waals surface area contributed by atoms with Gasteiger partial charge in [0, 0.05) is 29.4 Å². The molecule has 0 bridgehead atoms. The summed E-state index contributed by atoms with van der Waals surface area (Å²) in [6.07, 6.45) is -1.57. The van der Waals surface area contributed by atoms with Crippen LogP contribution in [0.3, 0.4) is 0 Å². The van der Waals surface area contributed by atoms with Crippen LogP contribution < -0.4 is 5.32 Å². The fourth-order valence-corrected chi connectivity index (χ4v) is 3.11. The van der Waals surface area contributed by atoms with Crippen LogP contribution in [0.25, 0.3) is 16.9 Å². The molecular formula is C17H10F3N5OS. The molecule has 3 heterocycles.